The van der Waals surface area contributed by atoms with Gasteiger partial charge in [-0.3, -0.25) is 5.43 Å². The summed E-state index contributed by atoms with van der Waals surface area (Å²) in [5.74, 6) is 2.72. The molecule has 0 radical (unpaired) electrons. The van der Waals surface area contributed by atoms with Gasteiger partial charge >= 0.3 is 0 Å². The number of benzene rings is 2. The van der Waals surface area contributed by atoms with Crippen LogP contribution < -0.4 is 25.0 Å². The summed E-state index contributed by atoms with van der Waals surface area (Å²) in [4.78, 5) is 0. The lowest BCUT2D eigenvalue weighted by atomic mass is 9.99. The zero-order valence-corrected chi connectivity index (χ0v) is 20.7. The summed E-state index contributed by atoms with van der Waals surface area (Å²) in [6.07, 6.45) is 2.79. The minimum absolute atomic E-state index is 0.408. The number of ether oxygens (including phenoxy) is 3. The van der Waals surface area contributed by atoms with E-state index in [1.165, 1.54) is 5.56 Å². The molecule has 162 valence electrons. The van der Waals surface area contributed by atoms with E-state index in [4.69, 9.17) is 26.4 Å². The third-order valence-electron chi connectivity index (χ3n) is 4.52. The lowest BCUT2D eigenvalue weighted by molar-refractivity contribution is 0.210. The Bertz CT molecular complexity index is 859. The molecule has 2 aromatic carbocycles. The minimum Gasteiger partial charge on any atom is -0.493 e. The van der Waals surface area contributed by atoms with Crippen LogP contribution >= 0.6 is 34.8 Å². The molecular weight excluding hydrogens is 513 g/mol. The van der Waals surface area contributed by atoms with Gasteiger partial charge in [0.25, 0.3) is 0 Å². The maximum atomic E-state index is 5.93. The molecule has 0 saturated carbocycles. The molecule has 0 saturated heterocycles. The topological polar surface area (TPSA) is 64.1 Å². The summed E-state index contributed by atoms with van der Waals surface area (Å²) in [5, 5.41) is 7.33. The molecule has 0 unspecified atom stereocenters. The van der Waals surface area contributed by atoms with Gasteiger partial charge in [-0.2, -0.15) is 5.10 Å². The normalized spacial score (nSPS) is 11.8. The molecule has 0 fully saturated rings. The van der Waals surface area contributed by atoms with Gasteiger partial charge in [-0.15, -0.1) is 0 Å². The molecule has 8 heteroatoms. The maximum absolute atomic E-state index is 5.93. The second kappa shape index (κ2) is 12.6. The summed E-state index contributed by atoms with van der Waals surface area (Å²) in [7, 11) is 3.34. The number of halogens is 1. The van der Waals surface area contributed by atoms with Crippen LogP contribution in [0.25, 0.3) is 0 Å². The molecule has 6 nitrogen and oxygen atoms in total. The molecule has 0 heterocycles. The van der Waals surface area contributed by atoms with Gasteiger partial charge in [0, 0.05) is 7.05 Å². The first-order valence-electron chi connectivity index (χ1n) is 9.72. The molecule has 0 spiro atoms. The van der Waals surface area contributed by atoms with Crippen molar-refractivity contribution in [3.8, 4) is 17.2 Å². The summed E-state index contributed by atoms with van der Waals surface area (Å²) in [5.41, 5.74) is 4.92. The fourth-order valence-electron chi connectivity index (χ4n) is 2.61. The molecule has 0 aromatic heterocycles. The van der Waals surface area contributed by atoms with E-state index in [2.05, 4.69) is 64.4 Å². The zero-order chi connectivity index (χ0) is 21.9. The second-order valence-corrected chi connectivity index (χ2v) is 8.13. The molecule has 0 bridgehead atoms. The number of rotatable bonds is 10. The maximum Gasteiger partial charge on any atom is 0.186 e. The zero-order valence-electron chi connectivity index (χ0n) is 17.7. The first kappa shape index (κ1) is 24.2. The molecule has 30 heavy (non-hydrogen) atoms. The van der Waals surface area contributed by atoms with Crippen molar-refractivity contribution in [2.45, 2.75) is 26.2 Å². The number of hydrogen-bond donors (Lipinski definition) is 2. The van der Waals surface area contributed by atoms with Crippen LogP contribution in [-0.2, 0) is 0 Å². The quantitative estimate of drug-likeness (QED) is 0.150. The fraction of sp³-hybridized carbons (Fsp3) is 0.364. The van der Waals surface area contributed by atoms with Crippen molar-refractivity contribution in [3.05, 3.63) is 51.1 Å². The minimum atomic E-state index is 0.408. The molecule has 2 N–H and O–H groups in total. The van der Waals surface area contributed by atoms with Gasteiger partial charge in [0.15, 0.2) is 16.6 Å². The highest BCUT2D eigenvalue weighted by Crippen LogP contribution is 2.33. The van der Waals surface area contributed by atoms with E-state index in [1.54, 1.807) is 20.4 Å². The van der Waals surface area contributed by atoms with Crippen LogP contribution in [0.2, 0.25) is 0 Å². The van der Waals surface area contributed by atoms with Gasteiger partial charge in [-0.05, 0) is 82.5 Å². The number of hydrogen-bond acceptors (Lipinski definition) is 5. The number of thiocarbonyl (C=S) groups is 1. The third kappa shape index (κ3) is 7.32. The van der Waals surface area contributed by atoms with E-state index in [0.717, 1.165) is 21.3 Å². The molecular formula is C22H28IN3O3S. The third-order valence-corrected chi connectivity index (χ3v) is 5.62. The van der Waals surface area contributed by atoms with Crippen molar-refractivity contribution >= 4 is 46.1 Å². The van der Waals surface area contributed by atoms with Gasteiger partial charge in [-0.1, -0.05) is 26.0 Å². The van der Waals surface area contributed by atoms with Gasteiger partial charge in [0.2, 0.25) is 0 Å². The van der Waals surface area contributed by atoms with Gasteiger partial charge in [0.05, 0.1) is 16.9 Å². The first-order chi connectivity index (χ1) is 14.5. The van der Waals surface area contributed by atoms with Gasteiger partial charge < -0.3 is 19.5 Å². The van der Waals surface area contributed by atoms with Crippen molar-refractivity contribution < 1.29 is 14.2 Å². The highest BCUT2D eigenvalue weighted by atomic mass is 127. The average molecular weight is 541 g/mol. The van der Waals surface area contributed by atoms with Gasteiger partial charge in [-0.25, -0.2) is 0 Å². The fourth-order valence-corrected chi connectivity index (χ4v) is 3.44. The molecule has 0 amide bonds. The Morgan fingerprint density at radius 2 is 1.90 bits per heavy atom. The van der Waals surface area contributed by atoms with E-state index < -0.39 is 0 Å². The van der Waals surface area contributed by atoms with Crippen molar-refractivity contribution in [1.29, 1.82) is 0 Å². The Kier molecular flexibility index (Phi) is 10.2. The predicted molar refractivity (Wildman–Crippen MR) is 134 cm³/mol. The molecule has 0 aliphatic heterocycles. The van der Waals surface area contributed by atoms with Crippen molar-refractivity contribution in [3.63, 3.8) is 0 Å². The Balaban J connectivity index is 1.92. The Morgan fingerprint density at radius 1 is 1.20 bits per heavy atom. The molecule has 2 aromatic rings. The first-order valence-corrected chi connectivity index (χ1v) is 11.2. The van der Waals surface area contributed by atoms with Crippen LogP contribution in [0.15, 0.2) is 41.5 Å². The van der Waals surface area contributed by atoms with Crippen LogP contribution in [0, 0.1) is 3.57 Å². The summed E-state index contributed by atoms with van der Waals surface area (Å²) < 4.78 is 18.1. The largest absolute Gasteiger partial charge is 0.493 e. The number of nitrogens with one attached hydrogen (secondary N) is 2. The summed E-state index contributed by atoms with van der Waals surface area (Å²) >= 11 is 7.21. The monoisotopic (exact) mass is 541 g/mol. The Hall–Kier alpha value is -2.07. The number of hydrazone groups is 1. The second-order valence-electron chi connectivity index (χ2n) is 6.56. The Morgan fingerprint density at radius 3 is 2.53 bits per heavy atom. The van der Waals surface area contributed by atoms with E-state index >= 15 is 0 Å². The van der Waals surface area contributed by atoms with Gasteiger partial charge in [0.1, 0.15) is 19.0 Å². The standard InChI is InChI=1S/C22H28IN3O3S/c1-5-15(2)17-6-8-18(9-7-17)28-10-11-29-21-19(23)12-16(13-20(21)27-4)14-25-26-22(30)24-3/h6-9,12-15H,5,10-11H2,1-4H3,(H2,24,26,30)/b25-14-/t15-/m0/s1. The van der Waals surface area contributed by atoms with Crippen LogP contribution in [0.3, 0.4) is 0 Å². The highest BCUT2D eigenvalue weighted by Gasteiger charge is 2.11. The van der Waals surface area contributed by atoms with E-state index in [-0.39, 0.29) is 0 Å². The lowest BCUT2D eigenvalue weighted by Gasteiger charge is -2.14. The number of nitrogens with zero attached hydrogens (tertiary/aromatic N) is 1. The van der Waals surface area contributed by atoms with Crippen molar-refractivity contribution in [1.82, 2.24) is 10.7 Å². The predicted octanol–water partition coefficient (Wildman–Crippen LogP) is 4.70. The summed E-state index contributed by atoms with van der Waals surface area (Å²) in [6.45, 7) is 5.27. The lowest BCUT2D eigenvalue weighted by Crippen LogP contribution is -2.28. The van der Waals surface area contributed by atoms with Crippen LogP contribution in [0.1, 0.15) is 37.3 Å². The highest BCUT2D eigenvalue weighted by molar-refractivity contribution is 14.1. The molecule has 0 aliphatic rings. The molecule has 1 atom stereocenters. The Labute approximate surface area is 197 Å². The van der Waals surface area contributed by atoms with E-state index in [0.29, 0.717) is 35.7 Å². The smallest absolute Gasteiger partial charge is 0.186 e. The van der Waals surface area contributed by atoms with E-state index in [9.17, 15) is 0 Å². The van der Waals surface area contributed by atoms with Crippen LogP contribution in [0.4, 0.5) is 0 Å². The van der Waals surface area contributed by atoms with E-state index in [1.807, 2.05) is 24.3 Å². The summed E-state index contributed by atoms with van der Waals surface area (Å²) in [6, 6.07) is 12.1. The van der Waals surface area contributed by atoms with Crippen molar-refractivity contribution in [2.75, 3.05) is 27.4 Å². The van der Waals surface area contributed by atoms with Crippen molar-refractivity contribution in [2.24, 2.45) is 5.10 Å². The van der Waals surface area contributed by atoms with Crippen LogP contribution in [0.5, 0.6) is 17.2 Å². The van der Waals surface area contributed by atoms with Crippen LogP contribution in [-0.4, -0.2) is 38.7 Å². The molecule has 2 rings (SSSR count). The molecule has 0 aliphatic carbocycles. The average Bonchev–Trinajstić information content (AvgIpc) is 2.77. The number of methoxy groups -OCH3 is 1. The SMILES string of the molecule is CC[C@H](C)c1ccc(OCCOc2c(I)cc(/C=N\NC(=S)NC)cc2OC)cc1.